The van der Waals surface area contributed by atoms with Crippen molar-refractivity contribution in [1.82, 2.24) is 10.6 Å². The van der Waals surface area contributed by atoms with Crippen LogP contribution < -0.4 is 20.1 Å². The van der Waals surface area contributed by atoms with Gasteiger partial charge in [0, 0.05) is 12.1 Å². The summed E-state index contributed by atoms with van der Waals surface area (Å²) in [6.07, 6.45) is 1.33. The molecule has 1 aliphatic rings. The minimum atomic E-state index is -0.810. The Bertz CT molecular complexity index is 1120. The number of benzene rings is 2. The summed E-state index contributed by atoms with van der Waals surface area (Å²) in [5, 5.41) is 15.5. The molecule has 0 atom stereocenters. The molecule has 0 unspecified atom stereocenters. The number of hydrogen-bond donors (Lipinski definition) is 2. The maximum atomic E-state index is 12.4. The normalized spacial score (nSPS) is 13.2. The summed E-state index contributed by atoms with van der Waals surface area (Å²) in [5.41, 5.74) is 0.0310. The van der Waals surface area contributed by atoms with Crippen LogP contribution in [0.2, 0.25) is 0 Å². The molecular weight excluding hydrogens is 426 g/mol. The maximum Gasteiger partial charge on any atom is 0.343 e. The van der Waals surface area contributed by atoms with Gasteiger partial charge in [-0.05, 0) is 49.0 Å². The van der Waals surface area contributed by atoms with Crippen LogP contribution in [0.4, 0.5) is 5.69 Å². The Hall–Kier alpha value is -4.12. The van der Waals surface area contributed by atoms with Crippen molar-refractivity contribution in [3.8, 4) is 11.5 Å². The van der Waals surface area contributed by atoms with E-state index in [-0.39, 0.29) is 40.0 Å². The van der Waals surface area contributed by atoms with Gasteiger partial charge in [-0.15, -0.1) is 0 Å². The minimum absolute atomic E-state index is 0.00522. The fourth-order valence-corrected chi connectivity index (χ4v) is 2.83. The van der Waals surface area contributed by atoms with Gasteiger partial charge in [0.1, 0.15) is 5.57 Å². The summed E-state index contributed by atoms with van der Waals surface area (Å²) in [7, 11) is 0. The Morgan fingerprint density at radius 1 is 1.13 bits per heavy atom. The minimum Gasteiger partial charge on any atom is -0.490 e. The van der Waals surface area contributed by atoms with E-state index in [1.165, 1.54) is 42.5 Å². The third kappa shape index (κ3) is 5.08. The average molecular weight is 441 g/mol. The zero-order valence-electron chi connectivity index (χ0n) is 16.0. The van der Waals surface area contributed by atoms with Crippen molar-refractivity contribution >= 4 is 46.9 Å². The van der Waals surface area contributed by atoms with Crippen molar-refractivity contribution in [3.63, 3.8) is 0 Å². The third-order valence-corrected chi connectivity index (χ3v) is 4.22. The highest BCUT2D eigenvalue weighted by molar-refractivity contribution is 7.80. The molecule has 158 valence electrons. The molecule has 0 aromatic heterocycles. The molecule has 2 amide bonds. The van der Waals surface area contributed by atoms with Gasteiger partial charge in [0.25, 0.3) is 17.5 Å². The molecule has 1 heterocycles. The summed E-state index contributed by atoms with van der Waals surface area (Å²) in [4.78, 5) is 46.7. The first kappa shape index (κ1) is 21.6. The van der Waals surface area contributed by atoms with Crippen LogP contribution in [0.5, 0.6) is 11.5 Å². The van der Waals surface area contributed by atoms with Gasteiger partial charge in [0.15, 0.2) is 16.6 Å². The number of carbonyl (C=O) groups is 3. The fourth-order valence-electron chi connectivity index (χ4n) is 2.65. The topological polar surface area (TPSA) is 137 Å². The van der Waals surface area contributed by atoms with Gasteiger partial charge < -0.3 is 9.47 Å². The average Bonchev–Trinajstić information content (AvgIpc) is 2.72. The first-order valence-electron chi connectivity index (χ1n) is 8.90. The van der Waals surface area contributed by atoms with Gasteiger partial charge in [-0.3, -0.25) is 30.3 Å². The molecule has 31 heavy (non-hydrogen) atoms. The van der Waals surface area contributed by atoms with Gasteiger partial charge in [-0.1, -0.05) is 12.1 Å². The molecule has 3 rings (SSSR count). The Balaban J connectivity index is 1.88. The number of amides is 2. The number of nitrogens with one attached hydrogen (secondary N) is 2. The van der Waals surface area contributed by atoms with Gasteiger partial charge in [-0.25, -0.2) is 4.79 Å². The SMILES string of the molecule is CCOc1cc(C=C2C(=O)NC(=S)NC2=O)ccc1OC(=O)c1cccc([N+](=O)[O-])c1. The van der Waals surface area contributed by atoms with Crippen molar-refractivity contribution in [2.75, 3.05) is 6.61 Å². The largest absolute Gasteiger partial charge is 0.490 e. The number of carbonyl (C=O) groups excluding carboxylic acids is 3. The predicted molar refractivity (Wildman–Crippen MR) is 113 cm³/mol. The molecule has 0 bridgehead atoms. The molecule has 2 aromatic rings. The van der Waals surface area contributed by atoms with E-state index in [0.717, 1.165) is 6.07 Å². The lowest BCUT2D eigenvalue weighted by atomic mass is 10.1. The van der Waals surface area contributed by atoms with Crippen LogP contribution in [0.25, 0.3) is 6.08 Å². The monoisotopic (exact) mass is 441 g/mol. The lowest BCUT2D eigenvalue weighted by Gasteiger charge is -2.16. The van der Waals surface area contributed by atoms with Crippen molar-refractivity contribution in [3.05, 3.63) is 69.3 Å². The number of non-ortho nitro benzene ring substituents is 1. The molecule has 10 nitrogen and oxygen atoms in total. The third-order valence-electron chi connectivity index (χ3n) is 4.02. The van der Waals surface area contributed by atoms with Crippen LogP contribution in [0.1, 0.15) is 22.8 Å². The molecule has 2 aromatic carbocycles. The molecule has 2 N–H and O–H groups in total. The van der Waals surface area contributed by atoms with Crippen LogP contribution in [0, 0.1) is 10.1 Å². The van der Waals surface area contributed by atoms with Crippen molar-refractivity contribution in [1.29, 1.82) is 0 Å². The van der Waals surface area contributed by atoms with E-state index >= 15 is 0 Å². The molecule has 0 spiro atoms. The quantitative estimate of drug-likeness (QED) is 0.132. The number of nitro groups is 1. The number of esters is 1. The number of nitro benzene ring substituents is 1. The summed E-state index contributed by atoms with van der Waals surface area (Å²) in [6.45, 7) is 1.97. The lowest BCUT2D eigenvalue weighted by molar-refractivity contribution is -0.384. The Labute approximate surface area is 181 Å². The molecule has 1 fully saturated rings. The Morgan fingerprint density at radius 2 is 1.84 bits per heavy atom. The van der Waals surface area contributed by atoms with Gasteiger partial charge >= 0.3 is 5.97 Å². The van der Waals surface area contributed by atoms with Crippen molar-refractivity contribution in [2.45, 2.75) is 6.92 Å². The lowest BCUT2D eigenvalue weighted by Crippen LogP contribution is -2.51. The van der Waals surface area contributed by atoms with E-state index < -0.39 is 22.7 Å². The maximum absolute atomic E-state index is 12.4. The second kappa shape index (κ2) is 9.13. The first-order valence-corrected chi connectivity index (χ1v) is 9.31. The van der Waals surface area contributed by atoms with Gasteiger partial charge in [0.05, 0.1) is 17.1 Å². The fraction of sp³-hybridized carbons (Fsp3) is 0.100. The Kier molecular flexibility index (Phi) is 6.36. The van der Waals surface area contributed by atoms with Crippen LogP contribution in [-0.4, -0.2) is 34.4 Å². The van der Waals surface area contributed by atoms with Crippen molar-refractivity contribution in [2.24, 2.45) is 0 Å². The zero-order chi connectivity index (χ0) is 22.5. The second-order valence-corrected chi connectivity index (χ2v) is 6.54. The number of ether oxygens (including phenoxy) is 2. The molecule has 0 saturated carbocycles. The number of rotatable bonds is 6. The molecule has 11 heteroatoms. The number of thiocarbonyl (C=S) groups is 1. The number of hydrogen-bond acceptors (Lipinski definition) is 8. The van der Waals surface area contributed by atoms with Crippen LogP contribution in [-0.2, 0) is 9.59 Å². The molecular formula is C20H15N3O7S. The molecule has 0 radical (unpaired) electrons. The van der Waals surface area contributed by atoms with Crippen molar-refractivity contribution < 1.29 is 28.8 Å². The van der Waals surface area contributed by atoms with Gasteiger partial charge in [-0.2, -0.15) is 0 Å². The standard InChI is InChI=1S/C20H15N3O7S/c1-2-29-16-9-11(8-14-17(24)21-20(31)22-18(14)25)6-7-15(16)30-19(26)12-4-3-5-13(10-12)23(27)28/h3-10H,2H2,1H3,(H2,21,22,24,25,31). The molecule has 0 aliphatic carbocycles. The van der Waals surface area contributed by atoms with E-state index in [4.69, 9.17) is 21.7 Å². The van der Waals surface area contributed by atoms with E-state index in [2.05, 4.69) is 10.6 Å². The van der Waals surface area contributed by atoms with E-state index in [9.17, 15) is 24.5 Å². The summed E-state index contributed by atoms with van der Waals surface area (Å²) in [5.74, 6) is -1.85. The van der Waals surface area contributed by atoms with Crippen LogP contribution in [0.3, 0.4) is 0 Å². The smallest absolute Gasteiger partial charge is 0.343 e. The van der Waals surface area contributed by atoms with Crippen LogP contribution in [0.15, 0.2) is 48.0 Å². The van der Waals surface area contributed by atoms with Gasteiger partial charge in [0.2, 0.25) is 0 Å². The summed E-state index contributed by atoms with van der Waals surface area (Å²) < 4.78 is 10.8. The van der Waals surface area contributed by atoms with Crippen LogP contribution >= 0.6 is 12.2 Å². The van der Waals surface area contributed by atoms with E-state index in [1.807, 2.05) is 0 Å². The Morgan fingerprint density at radius 3 is 2.48 bits per heavy atom. The first-order chi connectivity index (χ1) is 14.8. The molecule has 1 saturated heterocycles. The summed E-state index contributed by atoms with van der Waals surface area (Å²) in [6, 6.07) is 9.55. The van der Waals surface area contributed by atoms with E-state index in [1.54, 1.807) is 6.92 Å². The highest BCUT2D eigenvalue weighted by atomic mass is 32.1. The zero-order valence-corrected chi connectivity index (χ0v) is 16.9. The highest BCUT2D eigenvalue weighted by Gasteiger charge is 2.26. The highest BCUT2D eigenvalue weighted by Crippen LogP contribution is 2.30. The number of nitrogens with zero attached hydrogens (tertiary/aromatic N) is 1. The van der Waals surface area contributed by atoms with E-state index in [0.29, 0.717) is 5.56 Å². The molecule has 1 aliphatic heterocycles. The second-order valence-electron chi connectivity index (χ2n) is 6.13. The predicted octanol–water partition coefficient (Wildman–Crippen LogP) is 2.13. The summed E-state index contributed by atoms with van der Waals surface area (Å²) >= 11 is 4.76.